The van der Waals surface area contributed by atoms with E-state index in [0.29, 0.717) is 23.9 Å². The van der Waals surface area contributed by atoms with Gasteiger partial charge in [-0.15, -0.1) is 0 Å². The fourth-order valence-corrected chi connectivity index (χ4v) is 5.42. The van der Waals surface area contributed by atoms with Crippen LogP contribution in [0.5, 0.6) is 0 Å². The molecule has 0 bridgehead atoms. The number of nitrogens with one attached hydrogen (secondary N) is 2. The Morgan fingerprint density at radius 3 is 2.44 bits per heavy atom. The fraction of sp³-hybridized carbons (Fsp3) is 0.950. The summed E-state index contributed by atoms with van der Waals surface area (Å²) in [5.41, 5.74) is -0.397. The lowest BCUT2D eigenvalue weighted by Crippen LogP contribution is -2.48. The fourth-order valence-electron chi connectivity index (χ4n) is 5.42. The molecule has 2 aliphatic heterocycles. The molecule has 5 atom stereocenters. The minimum absolute atomic E-state index is 0.136. The highest BCUT2D eigenvalue weighted by Crippen LogP contribution is 2.47. The van der Waals surface area contributed by atoms with Crippen LogP contribution in [-0.4, -0.2) is 54.4 Å². The van der Waals surface area contributed by atoms with Gasteiger partial charge in [-0.25, -0.2) is 4.79 Å². The lowest BCUT2D eigenvalue weighted by Gasteiger charge is -2.33. The van der Waals surface area contributed by atoms with E-state index in [1.165, 1.54) is 45.1 Å². The summed E-state index contributed by atoms with van der Waals surface area (Å²) in [7, 11) is 0. The summed E-state index contributed by atoms with van der Waals surface area (Å²) in [5, 5.41) is 7.76. The highest BCUT2D eigenvalue weighted by molar-refractivity contribution is 5.69. The Morgan fingerprint density at radius 2 is 1.80 bits per heavy atom. The third-order valence-corrected chi connectivity index (χ3v) is 6.69. The minimum atomic E-state index is -0.397. The van der Waals surface area contributed by atoms with Crippen LogP contribution in [0.3, 0.4) is 0 Å². The number of likely N-dealkylation sites (tertiary alicyclic amines) is 1. The van der Waals surface area contributed by atoms with E-state index in [1.54, 1.807) is 0 Å². The number of fused-ring (bicyclic) bond motifs is 1. The van der Waals surface area contributed by atoms with Crippen molar-refractivity contribution in [3.8, 4) is 0 Å². The van der Waals surface area contributed by atoms with Crippen molar-refractivity contribution in [2.75, 3.05) is 19.6 Å². The third kappa shape index (κ3) is 3.82. The zero-order valence-corrected chi connectivity index (χ0v) is 16.1. The van der Waals surface area contributed by atoms with Gasteiger partial charge < -0.3 is 20.3 Å². The largest absolute Gasteiger partial charge is 0.444 e. The molecular weight excluding hydrogens is 314 g/mol. The second-order valence-corrected chi connectivity index (χ2v) is 9.66. The second kappa shape index (κ2) is 6.73. The molecule has 142 valence electrons. The topological polar surface area (TPSA) is 53.6 Å². The maximum absolute atomic E-state index is 12.2. The Bertz CT molecular complexity index is 486. The number of carbonyl (C=O) groups excluding carboxylic acids is 1. The normalized spacial score (nSPS) is 40.8. The van der Waals surface area contributed by atoms with Crippen LogP contribution in [0, 0.1) is 17.8 Å². The van der Waals surface area contributed by atoms with Crippen molar-refractivity contribution >= 4 is 6.09 Å². The van der Waals surface area contributed by atoms with Gasteiger partial charge in [0.15, 0.2) is 0 Å². The smallest absolute Gasteiger partial charge is 0.410 e. The number of hydrogen-bond acceptors (Lipinski definition) is 4. The Labute approximate surface area is 152 Å². The highest BCUT2D eigenvalue weighted by Gasteiger charge is 2.58. The first-order valence-electron chi connectivity index (χ1n) is 10.4. The van der Waals surface area contributed by atoms with Gasteiger partial charge in [0, 0.05) is 31.2 Å². The molecule has 5 nitrogen and oxygen atoms in total. The summed E-state index contributed by atoms with van der Waals surface area (Å²) < 4.78 is 5.51. The molecule has 1 amide bonds. The predicted octanol–water partition coefficient (Wildman–Crippen LogP) is 2.75. The summed E-state index contributed by atoms with van der Waals surface area (Å²) in [6, 6.07) is 2.04. The molecule has 2 N–H and O–H groups in total. The SMILES string of the molecule is CC(C)(C)OC(=O)N1CC2C(C1)C2NC1CCCC1C1CCCCN1. The van der Waals surface area contributed by atoms with E-state index in [-0.39, 0.29) is 6.09 Å². The number of rotatable bonds is 3. The van der Waals surface area contributed by atoms with Crippen LogP contribution in [0.1, 0.15) is 59.3 Å². The third-order valence-electron chi connectivity index (χ3n) is 6.69. The Hall–Kier alpha value is -0.810. The average molecular weight is 350 g/mol. The molecule has 2 aliphatic carbocycles. The van der Waals surface area contributed by atoms with Crippen molar-refractivity contribution in [3.63, 3.8) is 0 Å². The molecule has 25 heavy (non-hydrogen) atoms. The van der Waals surface area contributed by atoms with E-state index in [2.05, 4.69) is 10.6 Å². The first-order valence-corrected chi connectivity index (χ1v) is 10.4. The summed E-state index contributed by atoms with van der Waals surface area (Å²) in [6.45, 7) is 8.75. The van der Waals surface area contributed by atoms with Gasteiger partial charge in [0.25, 0.3) is 0 Å². The maximum atomic E-state index is 12.2. The van der Waals surface area contributed by atoms with Crippen LogP contribution < -0.4 is 10.6 Å². The molecular formula is C20H35N3O2. The van der Waals surface area contributed by atoms with Gasteiger partial charge in [0.1, 0.15) is 5.60 Å². The van der Waals surface area contributed by atoms with E-state index in [4.69, 9.17) is 4.74 Å². The molecule has 0 aromatic heterocycles. The van der Waals surface area contributed by atoms with Crippen LogP contribution in [-0.2, 0) is 4.74 Å². The molecule has 2 saturated heterocycles. The van der Waals surface area contributed by atoms with Crippen LogP contribution in [0.25, 0.3) is 0 Å². The number of hydrogen-bond donors (Lipinski definition) is 2. The molecule has 5 heteroatoms. The molecule has 0 aromatic rings. The molecule has 0 radical (unpaired) electrons. The zero-order chi connectivity index (χ0) is 17.6. The van der Waals surface area contributed by atoms with E-state index in [9.17, 15) is 4.79 Å². The van der Waals surface area contributed by atoms with Crippen molar-refractivity contribution < 1.29 is 9.53 Å². The van der Waals surface area contributed by atoms with Crippen molar-refractivity contribution in [2.45, 2.75) is 83.0 Å². The molecule has 4 aliphatic rings. The van der Waals surface area contributed by atoms with Gasteiger partial charge in [-0.1, -0.05) is 12.8 Å². The Morgan fingerprint density at radius 1 is 1.04 bits per heavy atom. The molecule has 4 fully saturated rings. The molecule has 5 unspecified atom stereocenters. The van der Waals surface area contributed by atoms with Crippen molar-refractivity contribution in [1.29, 1.82) is 0 Å². The van der Waals surface area contributed by atoms with Gasteiger partial charge in [-0.3, -0.25) is 0 Å². The minimum Gasteiger partial charge on any atom is -0.444 e. The van der Waals surface area contributed by atoms with Crippen molar-refractivity contribution in [2.24, 2.45) is 17.8 Å². The Balaban J connectivity index is 1.25. The molecule has 0 spiro atoms. The van der Waals surface area contributed by atoms with Gasteiger partial charge in [0.2, 0.25) is 0 Å². The van der Waals surface area contributed by atoms with Gasteiger partial charge in [0.05, 0.1) is 0 Å². The number of nitrogens with zero attached hydrogens (tertiary/aromatic N) is 1. The number of carbonyl (C=O) groups is 1. The van der Waals surface area contributed by atoms with Gasteiger partial charge in [-0.2, -0.15) is 0 Å². The average Bonchev–Trinajstić information content (AvgIpc) is 2.96. The monoisotopic (exact) mass is 349 g/mol. The maximum Gasteiger partial charge on any atom is 0.410 e. The van der Waals surface area contributed by atoms with Crippen LogP contribution >= 0.6 is 0 Å². The number of piperidine rings is 2. The Kier molecular flexibility index (Phi) is 4.74. The van der Waals surface area contributed by atoms with E-state index in [0.717, 1.165) is 25.0 Å². The van der Waals surface area contributed by atoms with E-state index in [1.807, 2.05) is 25.7 Å². The lowest BCUT2D eigenvalue weighted by atomic mass is 9.88. The quantitative estimate of drug-likeness (QED) is 0.823. The van der Waals surface area contributed by atoms with Gasteiger partial charge in [-0.05, 0) is 70.8 Å². The lowest BCUT2D eigenvalue weighted by molar-refractivity contribution is 0.0268. The number of ether oxygens (including phenoxy) is 1. The second-order valence-electron chi connectivity index (χ2n) is 9.66. The first-order chi connectivity index (χ1) is 11.9. The summed E-state index contributed by atoms with van der Waals surface area (Å²) in [4.78, 5) is 14.1. The van der Waals surface area contributed by atoms with Crippen LogP contribution in [0.4, 0.5) is 4.79 Å². The number of amides is 1. The van der Waals surface area contributed by atoms with Crippen LogP contribution in [0.2, 0.25) is 0 Å². The van der Waals surface area contributed by atoms with Crippen molar-refractivity contribution in [1.82, 2.24) is 15.5 Å². The molecule has 4 rings (SSSR count). The molecule has 2 saturated carbocycles. The molecule has 0 aromatic carbocycles. The summed E-state index contributed by atoms with van der Waals surface area (Å²) in [5.74, 6) is 2.10. The highest BCUT2D eigenvalue weighted by atomic mass is 16.6. The van der Waals surface area contributed by atoms with E-state index < -0.39 is 5.60 Å². The van der Waals surface area contributed by atoms with Crippen molar-refractivity contribution in [3.05, 3.63) is 0 Å². The zero-order valence-electron chi connectivity index (χ0n) is 16.1. The summed E-state index contributed by atoms with van der Waals surface area (Å²) in [6.07, 6.45) is 8.02. The molecule has 2 heterocycles. The predicted molar refractivity (Wildman–Crippen MR) is 98.5 cm³/mol. The summed E-state index contributed by atoms with van der Waals surface area (Å²) >= 11 is 0. The first kappa shape index (κ1) is 17.6. The van der Waals surface area contributed by atoms with E-state index >= 15 is 0 Å². The van der Waals surface area contributed by atoms with Crippen LogP contribution in [0.15, 0.2) is 0 Å². The van der Waals surface area contributed by atoms with Gasteiger partial charge >= 0.3 is 6.09 Å². The standard InChI is InChI=1S/C20H35N3O2/c1-20(2,3)25-19(24)23-11-14-15(12-23)18(14)22-17-9-6-7-13(17)16-8-4-5-10-21-16/h13-18,21-22H,4-12H2,1-3H3.